The van der Waals surface area contributed by atoms with Crippen LogP contribution in [0.15, 0.2) is 24.3 Å². The van der Waals surface area contributed by atoms with Crippen molar-refractivity contribution in [2.24, 2.45) is 0 Å². The van der Waals surface area contributed by atoms with Gasteiger partial charge in [0, 0.05) is 30.5 Å². The summed E-state index contributed by atoms with van der Waals surface area (Å²) in [5.74, 6) is -1.73. The van der Waals surface area contributed by atoms with Gasteiger partial charge in [-0.25, -0.2) is 0 Å². The van der Waals surface area contributed by atoms with Crippen LogP contribution in [0.5, 0.6) is 11.5 Å². The molecule has 4 N–H and O–H groups in total. The van der Waals surface area contributed by atoms with Crippen LogP contribution >= 0.6 is 23.2 Å². The van der Waals surface area contributed by atoms with Crippen LogP contribution in [-0.2, 0) is 0 Å². The molecule has 1 aliphatic heterocycles. The lowest BCUT2D eigenvalue weighted by molar-refractivity contribution is 0.0975. The van der Waals surface area contributed by atoms with Gasteiger partial charge in [-0.3, -0.25) is 19.4 Å². The molecule has 194 valence electrons. The van der Waals surface area contributed by atoms with Gasteiger partial charge in [0.1, 0.15) is 16.3 Å². The highest BCUT2D eigenvalue weighted by Gasteiger charge is 2.38. The molecule has 8 nitrogen and oxygen atoms in total. The number of anilines is 2. The Morgan fingerprint density at radius 1 is 0.972 bits per heavy atom. The maximum Gasteiger partial charge on any atom is 0.200 e. The van der Waals surface area contributed by atoms with Crippen molar-refractivity contribution in [2.75, 3.05) is 44.4 Å². The van der Waals surface area contributed by atoms with E-state index in [1.54, 1.807) is 12.1 Å². The quantitative estimate of drug-likeness (QED) is 0.193. The highest BCUT2D eigenvalue weighted by Crippen LogP contribution is 2.42. The van der Waals surface area contributed by atoms with Crippen LogP contribution in [0.4, 0.5) is 11.4 Å². The number of rotatable bonds is 8. The van der Waals surface area contributed by atoms with E-state index in [4.69, 9.17) is 23.2 Å². The number of ketones is 2. The number of nitrogens with zero attached hydrogens (tertiary/aromatic N) is 2. The molecule has 0 radical (unpaired) electrons. The Morgan fingerprint density at radius 3 is 2.14 bits per heavy atom. The van der Waals surface area contributed by atoms with Crippen LogP contribution in [-0.4, -0.2) is 82.4 Å². The number of halogens is 2. The first kappa shape index (κ1) is 26.5. The predicted octanol–water partition coefficient (Wildman–Crippen LogP) is 4.26. The Balaban J connectivity index is 1.70. The number of likely N-dealkylation sites (tertiary alicyclic amines) is 1. The monoisotopic (exact) mass is 534 g/mol. The number of piperidine rings is 1. The van der Waals surface area contributed by atoms with E-state index in [2.05, 4.69) is 15.5 Å². The van der Waals surface area contributed by atoms with Gasteiger partial charge in [0.2, 0.25) is 11.6 Å². The van der Waals surface area contributed by atoms with Crippen molar-refractivity contribution in [1.82, 2.24) is 9.80 Å². The third-order valence-corrected chi connectivity index (χ3v) is 7.67. The molecule has 2 unspecified atom stereocenters. The van der Waals surface area contributed by atoms with E-state index < -0.39 is 16.4 Å². The first-order valence-electron chi connectivity index (χ1n) is 12.1. The van der Waals surface area contributed by atoms with E-state index in [1.807, 2.05) is 25.9 Å². The summed E-state index contributed by atoms with van der Waals surface area (Å²) >= 11 is 12.4. The zero-order chi connectivity index (χ0) is 26.1. The van der Waals surface area contributed by atoms with E-state index in [0.29, 0.717) is 24.5 Å². The molecule has 0 aromatic heterocycles. The number of phenols is 2. The number of alkyl halides is 2. The number of hydrogen-bond donors (Lipinski definition) is 4. The van der Waals surface area contributed by atoms with Crippen molar-refractivity contribution in [3.63, 3.8) is 0 Å². The fourth-order valence-electron chi connectivity index (χ4n) is 4.90. The minimum Gasteiger partial charge on any atom is -0.507 e. The summed E-state index contributed by atoms with van der Waals surface area (Å²) in [6, 6.07) is 6.04. The molecule has 2 aromatic carbocycles. The number of fused-ring (bicyclic) bond motifs is 2. The van der Waals surface area contributed by atoms with Gasteiger partial charge in [-0.1, -0.05) is 6.42 Å². The number of benzene rings is 2. The second kappa shape index (κ2) is 10.8. The summed E-state index contributed by atoms with van der Waals surface area (Å²) in [7, 11) is 3.79. The number of aromatic hydroxyl groups is 2. The Labute approximate surface area is 221 Å². The van der Waals surface area contributed by atoms with Gasteiger partial charge in [-0.05, 0) is 64.7 Å². The zero-order valence-electron chi connectivity index (χ0n) is 20.6. The van der Waals surface area contributed by atoms with Crippen LogP contribution < -0.4 is 10.6 Å². The van der Waals surface area contributed by atoms with Crippen molar-refractivity contribution < 1.29 is 19.8 Å². The lowest BCUT2D eigenvalue weighted by Gasteiger charge is -2.36. The van der Waals surface area contributed by atoms with Crippen LogP contribution in [0, 0.1) is 0 Å². The van der Waals surface area contributed by atoms with Gasteiger partial charge < -0.3 is 20.8 Å². The van der Waals surface area contributed by atoms with Gasteiger partial charge >= 0.3 is 0 Å². The first-order chi connectivity index (χ1) is 17.1. The van der Waals surface area contributed by atoms with Crippen molar-refractivity contribution in [1.29, 1.82) is 0 Å². The highest BCUT2D eigenvalue weighted by atomic mass is 35.5. The average Bonchev–Trinajstić information content (AvgIpc) is 2.84. The number of nitrogens with one attached hydrogen (secondary N) is 2. The summed E-state index contributed by atoms with van der Waals surface area (Å²) < 4.78 is 0. The Kier molecular flexibility index (Phi) is 7.99. The fourth-order valence-corrected chi connectivity index (χ4v) is 5.47. The molecule has 1 saturated heterocycles. The van der Waals surface area contributed by atoms with Crippen molar-refractivity contribution in [3.05, 3.63) is 46.5 Å². The lowest BCUT2D eigenvalue weighted by Crippen LogP contribution is -2.45. The molecule has 10 heteroatoms. The minimum atomic E-state index is -0.520. The van der Waals surface area contributed by atoms with E-state index in [-0.39, 0.29) is 46.0 Å². The first-order valence-corrected chi connectivity index (χ1v) is 13.0. The van der Waals surface area contributed by atoms with E-state index in [0.717, 1.165) is 25.8 Å². The van der Waals surface area contributed by atoms with Gasteiger partial charge in [-0.15, -0.1) is 23.2 Å². The van der Waals surface area contributed by atoms with Crippen LogP contribution in [0.2, 0.25) is 0 Å². The van der Waals surface area contributed by atoms with Crippen LogP contribution in [0.1, 0.15) is 58.0 Å². The number of carbonyl (C=O) groups is 2. The molecule has 4 rings (SSSR count). The van der Waals surface area contributed by atoms with Gasteiger partial charge in [0.05, 0.1) is 28.4 Å². The molecule has 2 aromatic rings. The maximum absolute atomic E-state index is 13.7. The smallest absolute Gasteiger partial charge is 0.200 e. The molecule has 36 heavy (non-hydrogen) atoms. The zero-order valence-corrected chi connectivity index (χ0v) is 22.2. The van der Waals surface area contributed by atoms with Crippen LogP contribution in [0.25, 0.3) is 0 Å². The summed E-state index contributed by atoms with van der Waals surface area (Å²) in [6.07, 6.45) is 2.96. The predicted molar refractivity (Wildman–Crippen MR) is 143 cm³/mol. The molecule has 1 aliphatic carbocycles. The standard InChI is InChI=1S/C26H32Cl2N4O4/c1-14(31(2)3)30-16-8-7-15(29-11-13-32-12-5-4-6-17(32)26(27)28)20-21(16)25(36)23-19(34)10-9-18(33)22(23)24(20)35/h7-10,14,17,26,29-30,33-34H,4-6,11-13H2,1-3H3. The SMILES string of the molecule is CC(Nc1ccc(NCCN2CCCCC2C(Cl)Cl)c2c1C(=O)c1c(O)ccc(O)c1C2=O)N(C)C. The van der Waals surface area contributed by atoms with E-state index in [1.165, 1.54) is 12.1 Å². The summed E-state index contributed by atoms with van der Waals surface area (Å²) in [5.41, 5.74) is 0.943. The number of hydrogen-bond acceptors (Lipinski definition) is 8. The molecule has 2 aliphatic rings. The molecule has 0 saturated carbocycles. The molecule has 1 heterocycles. The number of carbonyl (C=O) groups excluding carboxylic acids is 2. The van der Waals surface area contributed by atoms with Gasteiger partial charge in [-0.2, -0.15) is 0 Å². The van der Waals surface area contributed by atoms with E-state index in [9.17, 15) is 19.8 Å². The Hall–Kier alpha value is -2.52. The number of phenolic OH excluding ortho intramolecular Hbond substituents is 2. The fraction of sp³-hybridized carbons (Fsp3) is 0.462. The second-order valence-corrected chi connectivity index (χ2v) is 10.7. The topological polar surface area (TPSA) is 105 Å². The molecule has 2 atom stereocenters. The molecule has 0 spiro atoms. The van der Waals surface area contributed by atoms with Crippen molar-refractivity contribution in [3.8, 4) is 11.5 Å². The van der Waals surface area contributed by atoms with Gasteiger partial charge in [0.25, 0.3) is 0 Å². The Bertz CT molecular complexity index is 1170. The third-order valence-electron chi connectivity index (χ3n) is 7.08. The minimum absolute atomic E-state index is 0.0758. The van der Waals surface area contributed by atoms with Crippen molar-refractivity contribution in [2.45, 2.75) is 43.2 Å². The van der Waals surface area contributed by atoms with E-state index >= 15 is 0 Å². The molecular formula is C26H32Cl2N4O4. The van der Waals surface area contributed by atoms with Gasteiger partial charge in [0.15, 0.2) is 0 Å². The summed E-state index contributed by atoms with van der Waals surface area (Å²) in [4.78, 5) is 31.0. The summed E-state index contributed by atoms with van der Waals surface area (Å²) in [5, 5.41) is 27.5. The van der Waals surface area contributed by atoms with Crippen LogP contribution in [0.3, 0.4) is 0 Å². The maximum atomic E-state index is 13.7. The van der Waals surface area contributed by atoms with Crippen molar-refractivity contribution >= 4 is 46.1 Å². The highest BCUT2D eigenvalue weighted by molar-refractivity contribution is 6.44. The average molecular weight is 535 g/mol. The lowest BCUT2D eigenvalue weighted by atomic mass is 9.81. The molecular weight excluding hydrogens is 503 g/mol. The second-order valence-electron chi connectivity index (χ2n) is 9.57. The third kappa shape index (κ3) is 5.00. The summed E-state index contributed by atoms with van der Waals surface area (Å²) in [6.45, 7) is 3.99. The largest absolute Gasteiger partial charge is 0.507 e. The Morgan fingerprint density at radius 2 is 1.56 bits per heavy atom. The normalized spacial score (nSPS) is 18.8. The molecule has 0 amide bonds. The molecule has 0 bridgehead atoms. The molecule has 1 fully saturated rings.